The van der Waals surface area contributed by atoms with Gasteiger partial charge in [0.15, 0.2) is 5.78 Å². The summed E-state index contributed by atoms with van der Waals surface area (Å²) >= 11 is 0. The van der Waals surface area contributed by atoms with Gasteiger partial charge in [-0.15, -0.1) is 0 Å². The van der Waals surface area contributed by atoms with Crippen LogP contribution in [0.3, 0.4) is 0 Å². The van der Waals surface area contributed by atoms with E-state index < -0.39 is 17.7 Å². The molecule has 0 amide bonds. The molecule has 0 radical (unpaired) electrons. The highest BCUT2D eigenvalue weighted by Gasteiger charge is 2.46. The van der Waals surface area contributed by atoms with Crippen molar-refractivity contribution in [1.82, 2.24) is 15.1 Å². The summed E-state index contributed by atoms with van der Waals surface area (Å²) in [5.74, 6) is -1.07. The Morgan fingerprint density at radius 1 is 0.620 bits per heavy atom. The molecule has 1 saturated carbocycles. The standard InChI is InChI=1S/C63H62FN3O4/c64-55-37-53-56(38-57(55)66-34-32-65-33-35-66)67(42-28-29-42)39-54(62(53)68)63(69)71-40-41-26-30-43(31-27-41)70-36-16-6-4-2-1-3-5-7-25-52-58-48-21-12-8-17-44(48)46-19-10-14-23-50(46)60(58)61-51-24-15-11-20-47(51)45-18-9-13-22-49(45)59(52)61/h8-15,17-24,26-27,30-31,37-39,42,52-53,56,65H,1-7,16,25,28-29,32-36,40H2. The fourth-order valence-electron chi connectivity index (χ4n) is 12.3. The molecule has 7 aromatic carbocycles. The smallest absolute Gasteiger partial charge is 0.343 e. The predicted molar refractivity (Wildman–Crippen MR) is 284 cm³/mol. The number of hydrogen-bond acceptors (Lipinski definition) is 7. The summed E-state index contributed by atoms with van der Waals surface area (Å²) < 4.78 is 27.2. The molecule has 2 heterocycles. The highest BCUT2D eigenvalue weighted by atomic mass is 19.1. The largest absolute Gasteiger partial charge is 0.494 e. The lowest BCUT2D eigenvalue weighted by Crippen LogP contribution is -2.49. The summed E-state index contributed by atoms with van der Waals surface area (Å²) in [7, 11) is 0. The molecule has 5 aliphatic rings. The molecule has 1 saturated heterocycles. The number of allylic oxidation sites excluding steroid dienone is 1. The lowest BCUT2D eigenvalue weighted by Gasteiger charge is -2.41. The van der Waals surface area contributed by atoms with Crippen LogP contribution in [0.2, 0.25) is 0 Å². The van der Waals surface area contributed by atoms with Crippen LogP contribution in [0, 0.1) is 5.92 Å². The molecule has 2 atom stereocenters. The summed E-state index contributed by atoms with van der Waals surface area (Å²) in [6.45, 7) is 3.70. The number of piperazine rings is 1. The number of Topliss-reactive ketones (excluding diaryl/α,β-unsaturated/α-hetero) is 1. The second kappa shape index (κ2) is 19.8. The van der Waals surface area contributed by atoms with E-state index in [0.29, 0.717) is 31.3 Å². The number of nitrogens with zero attached hydrogens (tertiary/aromatic N) is 2. The van der Waals surface area contributed by atoms with Crippen LogP contribution in [0.4, 0.5) is 4.39 Å². The van der Waals surface area contributed by atoms with Crippen LogP contribution in [-0.4, -0.2) is 66.4 Å². The van der Waals surface area contributed by atoms with Gasteiger partial charge < -0.3 is 24.6 Å². The minimum absolute atomic E-state index is 0.00990. The second-order valence-electron chi connectivity index (χ2n) is 20.4. The van der Waals surface area contributed by atoms with Crippen LogP contribution in [0.15, 0.2) is 157 Å². The Kier molecular flexibility index (Phi) is 12.6. The molecule has 0 bridgehead atoms. The van der Waals surface area contributed by atoms with Crippen molar-refractivity contribution in [2.24, 2.45) is 5.92 Å². The van der Waals surface area contributed by atoms with E-state index in [1.807, 2.05) is 35.2 Å². The van der Waals surface area contributed by atoms with Gasteiger partial charge in [-0.3, -0.25) is 4.79 Å². The van der Waals surface area contributed by atoms with Crippen LogP contribution in [0.1, 0.15) is 93.2 Å². The van der Waals surface area contributed by atoms with Gasteiger partial charge in [0.2, 0.25) is 0 Å². The minimum Gasteiger partial charge on any atom is -0.494 e. The maximum absolute atomic E-state index is 15.5. The molecule has 360 valence electrons. The topological polar surface area (TPSA) is 71.1 Å². The van der Waals surface area contributed by atoms with Crippen LogP contribution in [0.25, 0.3) is 54.2 Å². The van der Waals surface area contributed by atoms with Crippen molar-refractivity contribution in [3.8, 4) is 16.9 Å². The molecule has 2 fully saturated rings. The number of ether oxygens (including phenoxy) is 2. The van der Waals surface area contributed by atoms with E-state index >= 15 is 4.39 Å². The van der Waals surface area contributed by atoms with Crippen molar-refractivity contribution >= 4 is 54.8 Å². The zero-order valence-electron chi connectivity index (χ0n) is 40.5. The molecule has 3 aliphatic carbocycles. The predicted octanol–water partition coefficient (Wildman–Crippen LogP) is 13.6. The molecule has 71 heavy (non-hydrogen) atoms. The van der Waals surface area contributed by atoms with Crippen molar-refractivity contribution in [2.75, 3.05) is 32.8 Å². The molecule has 8 heteroatoms. The summed E-state index contributed by atoms with van der Waals surface area (Å²) in [5.41, 5.74) is 7.29. The Morgan fingerprint density at radius 3 is 1.72 bits per heavy atom. The first-order chi connectivity index (χ1) is 35.0. The van der Waals surface area contributed by atoms with Gasteiger partial charge in [-0.2, -0.15) is 0 Å². The zero-order chi connectivity index (χ0) is 47.8. The number of hydrogen-bond donors (Lipinski definition) is 1. The lowest BCUT2D eigenvalue weighted by atomic mass is 9.82. The minimum atomic E-state index is -0.755. The summed E-state index contributed by atoms with van der Waals surface area (Å²) in [4.78, 5) is 31.2. The molecule has 2 unspecified atom stereocenters. The lowest BCUT2D eigenvalue weighted by molar-refractivity contribution is -0.142. The molecule has 12 rings (SSSR count). The quantitative estimate of drug-likeness (QED) is 0.0422. The molecule has 1 N–H and O–H groups in total. The molecular weight excluding hydrogens is 882 g/mol. The number of halogens is 1. The Hall–Kier alpha value is -6.77. The Balaban J connectivity index is 0.607. The summed E-state index contributed by atoms with van der Waals surface area (Å²) in [6, 6.07) is 43.8. The SMILES string of the molecule is O=C(OCc1ccc(OCCCCCCCCCCC2c3c(c4ccccc4c4ccccc34)-c3c2c2ccccc2c2ccccc32)cc1)C1=CN(C2CC2)C2C=C(N3CCNCC3)C(F)=CC2C1=O. The first-order valence-corrected chi connectivity index (χ1v) is 26.4. The number of benzene rings is 7. The molecule has 0 spiro atoms. The van der Waals surface area contributed by atoms with Gasteiger partial charge in [0.1, 0.15) is 23.8 Å². The van der Waals surface area contributed by atoms with Gasteiger partial charge in [0.25, 0.3) is 0 Å². The molecular formula is C63H62FN3O4. The van der Waals surface area contributed by atoms with E-state index in [1.54, 1.807) is 6.20 Å². The van der Waals surface area contributed by atoms with Crippen LogP contribution < -0.4 is 10.1 Å². The molecule has 2 aliphatic heterocycles. The highest BCUT2D eigenvalue weighted by molar-refractivity contribution is 6.25. The first-order valence-electron chi connectivity index (χ1n) is 26.4. The molecule has 7 aromatic rings. The van der Waals surface area contributed by atoms with Gasteiger partial charge in [-0.05, 0) is 121 Å². The Bertz CT molecular complexity index is 3150. The Morgan fingerprint density at radius 2 is 1.14 bits per heavy atom. The van der Waals surface area contributed by atoms with Gasteiger partial charge >= 0.3 is 5.97 Å². The fourth-order valence-corrected chi connectivity index (χ4v) is 12.3. The number of carbonyl (C=O) groups is 2. The third-order valence-corrected chi connectivity index (χ3v) is 15.9. The third-order valence-electron chi connectivity index (χ3n) is 15.9. The van der Waals surface area contributed by atoms with E-state index in [-0.39, 0.29) is 30.0 Å². The zero-order valence-corrected chi connectivity index (χ0v) is 40.5. The number of nitrogens with one attached hydrogen (secondary N) is 1. The monoisotopic (exact) mass is 943 g/mol. The summed E-state index contributed by atoms with van der Waals surface area (Å²) in [6.07, 6.45) is 17.6. The summed E-state index contributed by atoms with van der Waals surface area (Å²) in [5, 5.41) is 14.2. The van der Waals surface area contributed by atoms with Crippen molar-refractivity contribution in [3.05, 3.63) is 173 Å². The average Bonchev–Trinajstić information content (AvgIpc) is 4.21. The van der Waals surface area contributed by atoms with E-state index in [0.717, 1.165) is 56.5 Å². The normalized spacial score (nSPS) is 18.9. The van der Waals surface area contributed by atoms with Crippen LogP contribution in [0.5, 0.6) is 5.75 Å². The van der Waals surface area contributed by atoms with Crippen molar-refractivity contribution < 1.29 is 23.5 Å². The molecule has 0 aromatic heterocycles. The van der Waals surface area contributed by atoms with Gasteiger partial charge in [-0.1, -0.05) is 154 Å². The number of ketones is 1. The van der Waals surface area contributed by atoms with E-state index in [2.05, 4.69) is 107 Å². The first kappa shape index (κ1) is 45.4. The number of fused-ring (bicyclic) bond motifs is 14. The second-order valence-corrected chi connectivity index (χ2v) is 20.4. The number of unbranched alkanes of at least 4 members (excludes halogenated alkanes) is 7. The van der Waals surface area contributed by atoms with Gasteiger partial charge in [0, 0.05) is 44.3 Å². The van der Waals surface area contributed by atoms with Crippen LogP contribution in [-0.2, 0) is 20.9 Å². The van der Waals surface area contributed by atoms with E-state index in [9.17, 15) is 9.59 Å². The number of esters is 1. The van der Waals surface area contributed by atoms with Crippen LogP contribution >= 0.6 is 0 Å². The highest BCUT2D eigenvalue weighted by Crippen LogP contribution is 2.57. The van der Waals surface area contributed by atoms with Crippen molar-refractivity contribution in [2.45, 2.75) is 95.2 Å². The number of carbonyl (C=O) groups excluding carboxylic acids is 2. The average molecular weight is 944 g/mol. The van der Waals surface area contributed by atoms with Gasteiger partial charge in [0.05, 0.1) is 24.3 Å². The van der Waals surface area contributed by atoms with Crippen molar-refractivity contribution in [1.29, 1.82) is 0 Å². The molecule has 7 nitrogen and oxygen atoms in total. The van der Waals surface area contributed by atoms with E-state index in [4.69, 9.17) is 9.47 Å². The maximum atomic E-state index is 15.5. The Labute approximate surface area is 416 Å². The maximum Gasteiger partial charge on any atom is 0.343 e. The fraction of sp³-hybridized carbons (Fsp3) is 0.333. The van der Waals surface area contributed by atoms with E-state index in [1.165, 1.54) is 110 Å². The number of rotatable bonds is 17. The van der Waals surface area contributed by atoms with Gasteiger partial charge in [-0.25, -0.2) is 9.18 Å². The third kappa shape index (κ3) is 8.68. The van der Waals surface area contributed by atoms with Crippen molar-refractivity contribution in [3.63, 3.8) is 0 Å².